The maximum Gasteiger partial charge on any atom is 0.0921 e. The SMILES string of the molecule is Cc1cncc(C(C)c2cnc[nH]2)c1. The van der Waals surface area contributed by atoms with Crippen molar-refractivity contribution in [3.63, 3.8) is 0 Å². The zero-order valence-electron chi connectivity index (χ0n) is 8.36. The Morgan fingerprint density at radius 2 is 2.07 bits per heavy atom. The molecular weight excluding hydrogens is 174 g/mol. The number of pyridine rings is 1. The molecule has 1 unspecified atom stereocenters. The van der Waals surface area contributed by atoms with Gasteiger partial charge in [0.2, 0.25) is 0 Å². The normalized spacial score (nSPS) is 12.7. The summed E-state index contributed by atoms with van der Waals surface area (Å²) in [6.07, 6.45) is 7.32. The molecule has 0 aliphatic carbocycles. The summed E-state index contributed by atoms with van der Waals surface area (Å²) in [6, 6.07) is 2.15. The fourth-order valence-electron chi connectivity index (χ4n) is 1.50. The van der Waals surface area contributed by atoms with Crippen LogP contribution in [0.2, 0.25) is 0 Å². The Kier molecular flexibility index (Phi) is 2.31. The average Bonchev–Trinajstić information content (AvgIpc) is 2.69. The monoisotopic (exact) mass is 187 g/mol. The molecule has 0 fully saturated rings. The van der Waals surface area contributed by atoms with E-state index < -0.39 is 0 Å². The van der Waals surface area contributed by atoms with Gasteiger partial charge in [0.15, 0.2) is 0 Å². The van der Waals surface area contributed by atoms with E-state index >= 15 is 0 Å². The molecule has 0 aromatic carbocycles. The van der Waals surface area contributed by atoms with E-state index in [1.54, 1.807) is 6.33 Å². The Balaban J connectivity index is 2.32. The van der Waals surface area contributed by atoms with Crippen molar-refractivity contribution in [3.05, 3.63) is 47.8 Å². The lowest BCUT2D eigenvalue weighted by Gasteiger charge is -2.09. The van der Waals surface area contributed by atoms with Crippen molar-refractivity contribution in [2.45, 2.75) is 19.8 Å². The Bertz CT molecular complexity index is 406. The van der Waals surface area contributed by atoms with Crippen LogP contribution in [-0.2, 0) is 0 Å². The highest BCUT2D eigenvalue weighted by Crippen LogP contribution is 2.21. The maximum absolute atomic E-state index is 4.18. The second-order valence-electron chi connectivity index (χ2n) is 3.52. The minimum atomic E-state index is 0.324. The summed E-state index contributed by atoms with van der Waals surface area (Å²) in [5, 5.41) is 0. The molecule has 0 bridgehead atoms. The first-order valence-electron chi connectivity index (χ1n) is 4.67. The topological polar surface area (TPSA) is 41.6 Å². The largest absolute Gasteiger partial charge is 0.348 e. The van der Waals surface area contributed by atoms with Gasteiger partial charge in [0, 0.05) is 30.2 Å². The van der Waals surface area contributed by atoms with Crippen molar-refractivity contribution in [3.8, 4) is 0 Å². The Morgan fingerprint density at radius 1 is 1.21 bits per heavy atom. The van der Waals surface area contributed by atoms with Crippen molar-refractivity contribution in [1.82, 2.24) is 15.0 Å². The van der Waals surface area contributed by atoms with Gasteiger partial charge in [0.1, 0.15) is 0 Å². The molecule has 2 heterocycles. The van der Waals surface area contributed by atoms with Crippen LogP contribution in [0.5, 0.6) is 0 Å². The van der Waals surface area contributed by atoms with E-state index in [4.69, 9.17) is 0 Å². The van der Waals surface area contributed by atoms with Gasteiger partial charge in [0.05, 0.1) is 6.33 Å². The number of hydrogen-bond donors (Lipinski definition) is 1. The van der Waals surface area contributed by atoms with Crippen LogP contribution in [0.25, 0.3) is 0 Å². The molecule has 3 heteroatoms. The van der Waals surface area contributed by atoms with E-state index in [9.17, 15) is 0 Å². The van der Waals surface area contributed by atoms with E-state index in [1.165, 1.54) is 11.1 Å². The van der Waals surface area contributed by atoms with Gasteiger partial charge in [0.25, 0.3) is 0 Å². The summed E-state index contributed by atoms with van der Waals surface area (Å²) in [4.78, 5) is 11.3. The van der Waals surface area contributed by atoms with Gasteiger partial charge in [-0.1, -0.05) is 13.0 Å². The minimum Gasteiger partial charge on any atom is -0.348 e. The molecule has 2 aromatic rings. The molecule has 2 aromatic heterocycles. The average molecular weight is 187 g/mol. The number of imidazole rings is 1. The summed E-state index contributed by atoms with van der Waals surface area (Å²) in [5.74, 6) is 0.324. The van der Waals surface area contributed by atoms with Gasteiger partial charge in [-0.3, -0.25) is 4.98 Å². The molecule has 3 nitrogen and oxygen atoms in total. The van der Waals surface area contributed by atoms with Crippen LogP contribution in [0.1, 0.15) is 29.7 Å². The van der Waals surface area contributed by atoms with Crippen LogP contribution >= 0.6 is 0 Å². The third-order valence-electron chi connectivity index (χ3n) is 2.38. The highest BCUT2D eigenvalue weighted by Gasteiger charge is 2.09. The molecule has 0 aliphatic heterocycles. The number of nitrogens with zero attached hydrogens (tertiary/aromatic N) is 2. The van der Waals surface area contributed by atoms with Crippen molar-refractivity contribution in [2.75, 3.05) is 0 Å². The summed E-state index contributed by atoms with van der Waals surface area (Å²) in [7, 11) is 0. The van der Waals surface area contributed by atoms with Crippen LogP contribution in [0, 0.1) is 6.92 Å². The molecule has 0 amide bonds. The van der Waals surface area contributed by atoms with Gasteiger partial charge in [-0.05, 0) is 18.1 Å². The minimum absolute atomic E-state index is 0.324. The fourth-order valence-corrected chi connectivity index (χ4v) is 1.50. The highest BCUT2D eigenvalue weighted by atomic mass is 14.9. The van der Waals surface area contributed by atoms with E-state index in [1.807, 2.05) is 18.6 Å². The van der Waals surface area contributed by atoms with Crippen molar-refractivity contribution in [2.24, 2.45) is 0 Å². The summed E-state index contributed by atoms with van der Waals surface area (Å²) < 4.78 is 0. The molecule has 2 rings (SSSR count). The zero-order chi connectivity index (χ0) is 9.97. The van der Waals surface area contributed by atoms with E-state index in [2.05, 4.69) is 34.9 Å². The quantitative estimate of drug-likeness (QED) is 0.783. The lowest BCUT2D eigenvalue weighted by molar-refractivity contribution is 0.872. The number of H-pyrrole nitrogens is 1. The second kappa shape index (κ2) is 3.62. The van der Waals surface area contributed by atoms with Gasteiger partial charge in [-0.15, -0.1) is 0 Å². The van der Waals surface area contributed by atoms with E-state index in [0.717, 1.165) is 5.69 Å². The van der Waals surface area contributed by atoms with Crippen molar-refractivity contribution < 1.29 is 0 Å². The molecule has 0 aliphatic rings. The third kappa shape index (κ3) is 1.66. The maximum atomic E-state index is 4.18. The molecule has 72 valence electrons. The molecule has 0 saturated heterocycles. The third-order valence-corrected chi connectivity index (χ3v) is 2.38. The molecule has 14 heavy (non-hydrogen) atoms. The van der Waals surface area contributed by atoms with Crippen LogP contribution in [0.4, 0.5) is 0 Å². The first kappa shape index (κ1) is 8.94. The molecule has 1 N–H and O–H groups in total. The summed E-state index contributed by atoms with van der Waals surface area (Å²) in [5.41, 5.74) is 3.53. The predicted molar refractivity (Wildman–Crippen MR) is 55.1 cm³/mol. The number of nitrogens with one attached hydrogen (secondary N) is 1. The van der Waals surface area contributed by atoms with Crippen LogP contribution in [0.15, 0.2) is 31.0 Å². The Labute approximate surface area is 83.2 Å². The van der Waals surface area contributed by atoms with Crippen molar-refractivity contribution in [1.29, 1.82) is 0 Å². The summed E-state index contributed by atoms with van der Waals surface area (Å²) in [6.45, 7) is 4.19. The zero-order valence-corrected chi connectivity index (χ0v) is 8.36. The molecule has 0 radical (unpaired) electrons. The smallest absolute Gasteiger partial charge is 0.0921 e. The Morgan fingerprint density at radius 3 is 2.71 bits per heavy atom. The Hall–Kier alpha value is -1.64. The fraction of sp³-hybridized carbons (Fsp3) is 0.273. The summed E-state index contributed by atoms with van der Waals surface area (Å²) >= 11 is 0. The van der Waals surface area contributed by atoms with Gasteiger partial charge >= 0.3 is 0 Å². The van der Waals surface area contributed by atoms with E-state index in [0.29, 0.717) is 5.92 Å². The van der Waals surface area contributed by atoms with Crippen LogP contribution in [0.3, 0.4) is 0 Å². The predicted octanol–water partition coefficient (Wildman–Crippen LogP) is 2.26. The number of hydrogen-bond acceptors (Lipinski definition) is 2. The lowest BCUT2D eigenvalue weighted by Crippen LogP contribution is -1.97. The standard InChI is InChI=1S/C11H13N3/c1-8-3-10(5-12-4-8)9(2)11-6-13-7-14-11/h3-7,9H,1-2H3,(H,13,14). The van der Waals surface area contributed by atoms with Gasteiger partial charge in [-0.2, -0.15) is 0 Å². The molecule has 1 atom stereocenters. The second-order valence-corrected chi connectivity index (χ2v) is 3.52. The lowest BCUT2D eigenvalue weighted by atomic mass is 9.99. The number of aromatic amines is 1. The van der Waals surface area contributed by atoms with Crippen LogP contribution < -0.4 is 0 Å². The number of aryl methyl sites for hydroxylation is 1. The molecular formula is C11H13N3. The van der Waals surface area contributed by atoms with Gasteiger partial charge < -0.3 is 4.98 Å². The molecule has 0 saturated carbocycles. The highest BCUT2D eigenvalue weighted by molar-refractivity contribution is 5.26. The van der Waals surface area contributed by atoms with E-state index in [-0.39, 0.29) is 0 Å². The number of aromatic nitrogens is 3. The number of rotatable bonds is 2. The first-order valence-corrected chi connectivity index (χ1v) is 4.67. The van der Waals surface area contributed by atoms with Gasteiger partial charge in [-0.25, -0.2) is 4.98 Å². The molecule has 0 spiro atoms. The van der Waals surface area contributed by atoms with Crippen molar-refractivity contribution >= 4 is 0 Å². The van der Waals surface area contributed by atoms with Crippen LogP contribution in [-0.4, -0.2) is 15.0 Å². The first-order chi connectivity index (χ1) is 6.77.